The molecule has 0 fully saturated rings. The van der Waals surface area contributed by atoms with E-state index in [-0.39, 0.29) is 81.2 Å². The third kappa shape index (κ3) is 22.7. The molecule has 29 heteroatoms. The van der Waals surface area contributed by atoms with Gasteiger partial charge in [-0.15, -0.1) is 32.8 Å². The van der Waals surface area contributed by atoms with Crippen LogP contribution in [0.25, 0.3) is 22.8 Å². The zero-order chi connectivity index (χ0) is 55.7. The molecule has 75 heavy (non-hydrogen) atoms. The number of ether oxygens (including phenoxy) is 3. The second-order valence-electron chi connectivity index (χ2n) is 18.0. The van der Waals surface area contributed by atoms with Crippen molar-refractivity contribution in [2.75, 3.05) is 0 Å². The van der Waals surface area contributed by atoms with Crippen LogP contribution in [-0.2, 0) is 40.4 Å². The molecule has 0 aliphatic carbocycles. The zero-order valence-corrected chi connectivity index (χ0v) is 46.8. The van der Waals surface area contributed by atoms with Gasteiger partial charge in [0.2, 0.25) is 11.6 Å². The number of alkyl carbamates (subject to hydrolysis) is 3. The molecule has 0 saturated heterocycles. The Bertz CT molecular complexity index is 2920. The number of carbonyl (C=O) groups is 3. The third-order valence-corrected chi connectivity index (χ3v) is 9.96. The van der Waals surface area contributed by atoms with E-state index in [1.54, 1.807) is 74.4 Å². The highest BCUT2D eigenvalue weighted by Crippen LogP contribution is 2.28. The normalized spacial score (nSPS) is 10.9. The molecule has 0 atom stereocenters. The number of hydrogen-bond acceptors (Lipinski definition) is 14. The number of nitrogens with zero attached hydrogens (tertiary/aromatic N) is 7. The van der Waals surface area contributed by atoms with Crippen LogP contribution in [0.3, 0.4) is 0 Å². The monoisotopic (exact) mass is 1210 g/mol. The van der Waals surface area contributed by atoms with Gasteiger partial charge >= 0.3 is 18.3 Å². The van der Waals surface area contributed by atoms with E-state index in [2.05, 4.69) is 73.1 Å². The number of nitrogens with one attached hydrogen (secondary N) is 5. The first-order chi connectivity index (χ1) is 34.4. The van der Waals surface area contributed by atoms with Gasteiger partial charge in [-0.2, -0.15) is 15.7 Å². The zero-order valence-electron chi connectivity index (χ0n) is 41.4. The fourth-order valence-electron chi connectivity index (χ4n) is 5.42. The standard InChI is InChI=1S/C13H15ClFN5O2.C13H14ClFN2O2.C12H14BrClFNO2.C8H7ClFN5.ClH/c1-13(2,3)22-12(21)16-6-8-4-7(5-9(14)10(8)15)11-17-19-20-18-11;1-13(2,3)19-12(18)17-7-9-4-8(6-16)5-10(14)11(9)15;1-12(2,3)18-11(17)16-6-7-4-8(13)5-9(14)10(7)15;9-6-2-4(8-12-14-15-13-8)1-5(3-11)7(6)10;/h4-5H,6H2,1-3H3,(H,16,21)(H,17,18,19,20);4-5H,7H2,1-3H3,(H,17,18);4-5H,6H2,1-3H3,(H,16,17);1-2H,3,11H2,(H,12,13,14,15);1H. The van der Waals surface area contributed by atoms with Gasteiger partial charge in [0, 0.05) is 64.0 Å². The summed E-state index contributed by atoms with van der Waals surface area (Å²) in [4.78, 5) is 34.5. The lowest BCUT2D eigenvalue weighted by Crippen LogP contribution is -2.32. The van der Waals surface area contributed by atoms with Crippen LogP contribution in [0.5, 0.6) is 0 Å². The molecule has 0 unspecified atom stereocenters. The van der Waals surface area contributed by atoms with E-state index < -0.39 is 58.4 Å². The lowest BCUT2D eigenvalue weighted by atomic mass is 10.1. The molecule has 0 radical (unpaired) electrons. The predicted octanol–water partition coefficient (Wildman–Crippen LogP) is 11.9. The van der Waals surface area contributed by atoms with Crippen LogP contribution in [0.4, 0.5) is 31.9 Å². The van der Waals surface area contributed by atoms with E-state index in [0.717, 1.165) is 0 Å². The van der Waals surface area contributed by atoms with E-state index >= 15 is 0 Å². The molecule has 19 nitrogen and oxygen atoms in total. The van der Waals surface area contributed by atoms with Gasteiger partial charge in [0.15, 0.2) is 0 Å². The number of amides is 3. The maximum Gasteiger partial charge on any atom is 0.407 e. The average Bonchev–Trinajstić information content (AvgIpc) is 4.04. The molecule has 7 N–H and O–H groups in total. The van der Waals surface area contributed by atoms with Gasteiger partial charge in [-0.25, -0.2) is 31.9 Å². The Morgan fingerprint density at radius 1 is 0.587 bits per heavy atom. The van der Waals surface area contributed by atoms with Crippen molar-refractivity contribution in [2.24, 2.45) is 5.73 Å². The lowest BCUT2D eigenvalue weighted by molar-refractivity contribution is 0.0511. The molecule has 0 aliphatic heterocycles. The van der Waals surface area contributed by atoms with E-state index in [0.29, 0.717) is 32.6 Å². The summed E-state index contributed by atoms with van der Waals surface area (Å²) in [6.45, 7) is 15.5. The first-order valence-electron chi connectivity index (χ1n) is 21.5. The first kappa shape index (κ1) is 65.0. The van der Waals surface area contributed by atoms with Gasteiger partial charge in [-0.1, -0.05) is 62.3 Å². The van der Waals surface area contributed by atoms with E-state index in [1.807, 2.05) is 6.07 Å². The Labute approximate surface area is 463 Å². The minimum atomic E-state index is -0.662. The van der Waals surface area contributed by atoms with Crippen molar-refractivity contribution in [2.45, 2.75) is 105 Å². The summed E-state index contributed by atoms with van der Waals surface area (Å²) in [5, 5.41) is 42.4. The van der Waals surface area contributed by atoms with Crippen LogP contribution < -0.4 is 21.7 Å². The van der Waals surface area contributed by atoms with Gasteiger partial charge < -0.3 is 35.9 Å². The first-order valence-corrected chi connectivity index (χ1v) is 23.8. The molecular formula is C46H51BrCl5F4N13O6. The Morgan fingerprint density at radius 3 is 1.27 bits per heavy atom. The van der Waals surface area contributed by atoms with Crippen LogP contribution in [0.15, 0.2) is 53.0 Å². The molecule has 406 valence electrons. The molecule has 0 saturated carbocycles. The van der Waals surface area contributed by atoms with E-state index in [4.69, 9.17) is 71.6 Å². The highest BCUT2D eigenvalue weighted by atomic mass is 79.9. The number of carbonyl (C=O) groups excluding carboxylic acids is 3. The third-order valence-electron chi connectivity index (χ3n) is 8.40. The topological polar surface area (TPSA) is 274 Å². The molecule has 2 heterocycles. The maximum atomic E-state index is 14.0. The van der Waals surface area contributed by atoms with Gasteiger partial charge in [-0.3, -0.25) is 0 Å². The van der Waals surface area contributed by atoms with Crippen molar-refractivity contribution in [3.05, 3.63) is 124 Å². The molecule has 2 aromatic heterocycles. The van der Waals surface area contributed by atoms with Crippen LogP contribution in [-0.4, -0.2) is 76.3 Å². The number of rotatable bonds is 9. The number of nitrogens with two attached hydrogens (primary N) is 1. The fraction of sp³-hybridized carbons (Fsp3) is 0.348. The van der Waals surface area contributed by atoms with E-state index in [9.17, 15) is 31.9 Å². The van der Waals surface area contributed by atoms with Crippen LogP contribution in [0, 0.1) is 34.6 Å². The minimum Gasteiger partial charge on any atom is -0.444 e. The highest BCUT2D eigenvalue weighted by Gasteiger charge is 2.21. The largest absolute Gasteiger partial charge is 0.444 e. The van der Waals surface area contributed by atoms with Crippen molar-refractivity contribution >= 4 is 93.0 Å². The summed E-state index contributed by atoms with van der Waals surface area (Å²) >= 11 is 26.1. The SMILES string of the molecule is CC(C)(C)OC(=O)NCc1cc(-c2nn[nH]n2)cc(Cl)c1F.CC(C)(C)OC(=O)NCc1cc(Br)cc(Cl)c1F.CC(C)(C)OC(=O)NCc1cc(C#N)cc(Cl)c1F.Cl.NCc1cc(-c2nn[nH]n2)cc(Cl)c1F. The number of aromatic amines is 2. The number of halogens is 10. The Morgan fingerprint density at radius 2 is 0.920 bits per heavy atom. The summed E-state index contributed by atoms with van der Waals surface area (Å²) < 4.78 is 70.5. The molecule has 0 bridgehead atoms. The maximum absolute atomic E-state index is 14.0. The second-order valence-corrected chi connectivity index (χ2v) is 20.6. The minimum absolute atomic E-state index is 0. The van der Waals surface area contributed by atoms with E-state index in [1.165, 1.54) is 36.4 Å². The molecule has 6 rings (SSSR count). The van der Waals surface area contributed by atoms with Crippen LogP contribution in [0.2, 0.25) is 20.1 Å². The van der Waals surface area contributed by atoms with Gasteiger partial charge in [0.25, 0.3) is 0 Å². The summed E-state index contributed by atoms with van der Waals surface area (Å²) in [6.07, 6.45) is -1.91. The Kier molecular flexibility index (Phi) is 25.4. The van der Waals surface area contributed by atoms with Gasteiger partial charge in [0.05, 0.1) is 31.7 Å². The Balaban J connectivity index is 0.000000343. The Hall–Kier alpha value is -6.07. The number of hydrogen-bond donors (Lipinski definition) is 6. The number of H-pyrrole nitrogens is 2. The second kappa shape index (κ2) is 29.3. The number of nitriles is 1. The predicted molar refractivity (Wildman–Crippen MR) is 279 cm³/mol. The van der Waals surface area contributed by atoms with Crippen molar-refractivity contribution in [1.82, 2.24) is 57.2 Å². The summed E-state index contributed by atoms with van der Waals surface area (Å²) in [5.41, 5.74) is 5.77. The molecule has 4 aromatic carbocycles. The molecule has 0 aliphatic rings. The smallest absolute Gasteiger partial charge is 0.407 e. The van der Waals surface area contributed by atoms with Crippen LogP contribution in [0.1, 0.15) is 90.1 Å². The molecular weight excluding hydrogens is 1160 g/mol. The molecule has 6 aromatic rings. The summed E-state index contributed by atoms with van der Waals surface area (Å²) in [5.74, 6) is -1.70. The van der Waals surface area contributed by atoms with Crippen molar-refractivity contribution in [1.29, 1.82) is 5.26 Å². The van der Waals surface area contributed by atoms with Crippen molar-refractivity contribution < 1.29 is 46.2 Å². The fourth-order valence-corrected chi connectivity index (χ4v) is 7.01. The molecule has 3 amide bonds. The van der Waals surface area contributed by atoms with Gasteiger partial charge in [0.1, 0.15) is 40.1 Å². The number of tetrazole rings is 2. The lowest BCUT2D eigenvalue weighted by Gasteiger charge is -2.19. The highest BCUT2D eigenvalue weighted by molar-refractivity contribution is 9.10. The van der Waals surface area contributed by atoms with Crippen molar-refractivity contribution in [3.63, 3.8) is 0 Å². The van der Waals surface area contributed by atoms with Crippen molar-refractivity contribution in [3.8, 4) is 28.8 Å². The molecule has 0 spiro atoms. The quantitative estimate of drug-likeness (QED) is 0.0446. The average molecular weight is 1220 g/mol. The number of aromatic nitrogens is 8. The van der Waals surface area contributed by atoms with Gasteiger partial charge in [-0.05, 0) is 121 Å². The summed E-state index contributed by atoms with van der Waals surface area (Å²) in [7, 11) is 0. The number of benzene rings is 4. The van der Waals surface area contributed by atoms with Crippen LogP contribution >= 0.6 is 74.7 Å². The summed E-state index contributed by atoms with van der Waals surface area (Å²) in [6, 6.07) is 13.3.